The van der Waals surface area contributed by atoms with Gasteiger partial charge in [-0.15, -0.1) is 0 Å². The fraction of sp³-hybridized carbons (Fsp3) is 0.444. The molecule has 23 heavy (non-hydrogen) atoms. The highest BCUT2D eigenvalue weighted by Gasteiger charge is 2.27. The molecule has 1 atom stereocenters. The van der Waals surface area contributed by atoms with Crippen molar-refractivity contribution >= 4 is 44.3 Å². The van der Waals surface area contributed by atoms with Crippen LogP contribution >= 0.6 is 22.6 Å². The van der Waals surface area contributed by atoms with Crippen LogP contribution in [0.3, 0.4) is 0 Å². The van der Waals surface area contributed by atoms with Crippen LogP contribution in [0, 0.1) is 3.57 Å². The van der Waals surface area contributed by atoms with Gasteiger partial charge in [-0.25, -0.2) is 0 Å². The molecule has 1 aliphatic rings. The number of hydrogen-bond donors (Lipinski definition) is 1. The number of nitrogens with zero attached hydrogens (tertiary/aromatic N) is 2. The first-order chi connectivity index (χ1) is 11.1. The average Bonchev–Trinajstić information content (AvgIpc) is 2.97. The molecular weight excluding hydrogens is 401 g/mol. The Labute approximate surface area is 149 Å². The normalized spacial score (nSPS) is 19.0. The lowest BCUT2D eigenvalue weighted by Gasteiger charge is -2.16. The van der Waals surface area contributed by atoms with Gasteiger partial charge in [-0.3, -0.25) is 4.98 Å². The summed E-state index contributed by atoms with van der Waals surface area (Å²) in [5.74, 6) is 0.439. The predicted octanol–water partition coefficient (Wildman–Crippen LogP) is 4.43. The molecule has 1 N–H and O–H groups in total. The van der Waals surface area contributed by atoms with Crippen LogP contribution in [-0.2, 0) is 4.74 Å². The number of H-pyrrole nitrogens is 1. The molecule has 3 aromatic rings. The van der Waals surface area contributed by atoms with Gasteiger partial charge >= 0.3 is 0 Å². The maximum Gasteiger partial charge on any atom is 0.286 e. The van der Waals surface area contributed by atoms with Gasteiger partial charge < -0.3 is 4.74 Å². The van der Waals surface area contributed by atoms with Crippen molar-refractivity contribution in [1.82, 2.24) is 10.1 Å². The predicted molar refractivity (Wildman–Crippen MR) is 99.4 cm³/mol. The Bertz CT molecular complexity index is 865. The van der Waals surface area contributed by atoms with Gasteiger partial charge in [0.25, 0.3) is 6.23 Å². The van der Waals surface area contributed by atoms with Crippen LogP contribution in [0.1, 0.15) is 50.9 Å². The summed E-state index contributed by atoms with van der Waals surface area (Å²) in [4.78, 5) is 4.68. The summed E-state index contributed by atoms with van der Waals surface area (Å²) in [5, 5.41) is 7.09. The molecule has 3 heterocycles. The Kier molecular flexibility index (Phi) is 4.01. The van der Waals surface area contributed by atoms with E-state index in [4.69, 9.17) is 4.74 Å². The van der Waals surface area contributed by atoms with Gasteiger partial charge in [0, 0.05) is 27.6 Å². The van der Waals surface area contributed by atoms with E-state index < -0.39 is 0 Å². The smallest absolute Gasteiger partial charge is 0.286 e. The van der Waals surface area contributed by atoms with Crippen molar-refractivity contribution in [2.75, 3.05) is 6.61 Å². The first kappa shape index (κ1) is 15.3. The minimum atomic E-state index is 0.126. The number of hydrogen-bond acceptors (Lipinski definition) is 2. The highest BCUT2D eigenvalue weighted by molar-refractivity contribution is 14.1. The lowest BCUT2D eigenvalue weighted by atomic mass is 10.0. The van der Waals surface area contributed by atoms with Crippen LogP contribution < -0.4 is 4.68 Å². The van der Waals surface area contributed by atoms with E-state index in [0.29, 0.717) is 5.92 Å². The molecule has 4 rings (SSSR count). The van der Waals surface area contributed by atoms with Gasteiger partial charge in [0.2, 0.25) is 5.52 Å². The third-order valence-electron chi connectivity index (χ3n) is 4.61. The topological polar surface area (TPSA) is 41.8 Å². The van der Waals surface area contributed by atoms with Gasteiger partial charge in [-0.1, -0.05) is 18.5 Å². The second-order valence-corrected chi connectivity index (χ2v) is 7.65. The standard InChI is InChI=1S/C18H20IN3O/c1-11(2)18-17(19)14-7-13-10-21-22(16-5-3-4-6-23-16)15(13)8-12(14)9-20-18/h7-11,16H,3-6H2,1-2H3/p+1. The molecule has 1 aliphatic heterocycles. The average molecular weight is 422 g/mol. The van der Waals surface area contributed by atoms with E-state index in [2.05, 4.69) is 69.5 Å². The number of rotatable bonds is 2. The molecule has 0 aliphatic carbocycles. The van der Waals surface area contributed by atoms with E-state index >= 15 is 0 Å². The largest absolute Gasteiger partial charge is 0.319 e. The fourth-order valence-corrected chi connectivity index (χ4v) is 4.58. The molecule has 120 valence electrons. The number of pyridine rings is 1. The third kappa shape index (κ3) is 2.63. The molecule has 1 saturated heterocycles. The number of aromatic amines is 1. The van der Waals surface area contributed by atoms with Crippen molar-refractivity contribution in [3.05, 3.63) is 33.8 Å². The fourth-order valence-electron chi connectivity index (χ4n) is 3.35. The molecule has 2 aromatic heterocycles. The molecule has 0 bridgehead atoms. The molecule has 0 saturated carbocycles. The summed E-state index contributed by atoms with van der Waals surface area (Å²) in [6.45, 7) is 5.24. The van der Waals surface area contributed by atoms with E-state index in [9.17, 15) is 0 Å². The molecule has 0 spiro atoms. The Morgan fingerprint density at radius 1 is 1.30 bits per heavy atom. The summed E-state index contributed by atoms with van der Waals surface area (Å²) in [5.41, 5.74) is 2.37. The Balaban J connectivity index is 1.88. The van der Waals surface area contributed by atoms with Crippen LogP contribution in [0.2, 0.25) is 0 Å². The van der Waals surface area contributed by atoms with Crippen molar-refractivity contribution in [2.45, 2.75) is 45.3 Å². The van der Waals surface area contributed by atoms with E-state index in [0.717, 1.165) is 13.0 Å². The lowest BCUT2D eigenvalue weighted by molar-refractivity contribution is -0.790. The zero-order valence-corrected chi connectivity index (χ0v) is 15.6. The van der Waals surface area contributed by atoms with Gasteiger partial charge in [0.15, 0.2) is 0 Å². The zero-order chi connectivity index (χ0) is 16.0. The SMILES string of the molecule is CC(C)c1ncc2cc3c(c[nH][n+]3C3CCCCO3)cc2c1I. The number of fused-ring (bicyclic) bond motifs is 2. The van der Waals surface area contributed by atoms with Gasteiger partial charge in [0.1, 0.15) is 0 Å². The van der Waals surface area contributed by atoms with Crippen molar-refractivity contribution in [1.29, 1.82) is 0 Å². The highest BCUT2D eigenvalue weighted by Crippen LogP contribution is 2.30. The minimum Gasteiger partial charge on any atom is -0.319 e. The van der Waals surface area contributed by atoms with Gasteiger partial charge in [-0.05, 0) is 52.8 Å². The number of ether oxygens (including phenoxy) is 1. The molecule has 1 fully saturated rings. The summed E-state index contributed by atoms with van der Waals surface area (Å²) >= 11 is 2.43. The quantitative estimate of drug-likeness (QED) is 0.491. The lowest BCUT2D eigenvalue weighted by Crippen LogP contribution is -2.44. The highest BCUT2D eigenvalue weighted by atomic mass is 127. The first-order valence-corrected chi connectivity index (χ1v) is 9.35. The van der Waals surface area contributed by atoms with Crippen LogP contribution in [0.4, 0.5) is 0 Å². The molecule has 4 nitrogen and oxygen atoms in total. The first-order valence-electron chi connectivity index (χ1n) is 8.27. The number of nitrogens with one attached hydrogen (secondary N) is 1. The van der Waals surface area contributed by atoms with Crippen LogP contribution in [0.25, 0.3) is 21.7 Å². The molecule has 1 unspecified atom stereocenters. The second kappa shape index (κ2) is 6.02. The maximum atomic E-state index is 5.93. The van der Waals surface area contributed by atoms with E-state index in [1.807, 2.05) is 6.20 Å². The van der Waals surface area contributed by atoms with E-state index in [-0.39, 0.29) is 6.23 Å². The van der Waals surface area contributed by atoms with Crippen molar-refractivity contribution in [3.8, 4) is 0 Å². The van der Waals surface area contributed by atoms with Gasteiger partial charge in [0.05, 0.1) is 23.9 Å². The van der Waals surface area contributed by atoms with Crippen molar-refractivity contribution in [3.63, 3.8) is 0 Å². The van der Waals surface area contributed by atoms with Crippen LogP contribution in [0.15, 0.2) is 24.5 Å². The number of halogens is 1. The van der Waals surface area contributed by atoms with Crippen LogP contribution in [-0.4, -0.2) is 16.7 Å². The third-order valence-corrected chi connectivity index (χ3v) is 5.75. The molecule has 0 radical (unpaired) electrons. The second-order valence-electron chi connectivity index (χ2n) is 6.58. The summed E-state index contributed by atoms with van der Waals surface area (Å²) < 4.78 is 9.36. The monoisotopic (exact) mass is 422 g/mol. The van der Waals surface area contributed by atoms with E-state index in [1.54, 1.807) is 0 Å². The number of aromatic nitrogens is 3. The molecule has 0 amide bonds. The molecular formula is C18H21IN3O+. The summed E-state index contributed by atoms with van der Waals surface area (Å²) in [7, 11) is 0. The van der Waals surface area contributed by atoms with Crippen molar-refractivity contribution < 1.29 is 9.42 Å². The summed E-state index contributed by atoms with van der Waals surface area (Å²) in [6, 6.07) is 4.51. The van der Waals surface area contributed by atoms with Crippen molar-refractivity contribution in [2.24, 2.45) is 0 Å². The minimum absolute atomic E-state index is 0.126. The maximum absolute atomic E-state index is 5.93. The Morgan fingerprint density at radius 2 is 2.17 bits per heavy atom. The Hall–Kier alpha value is -1.21. The Morgan fingerprint density at radius 3 is 2.91 bits per heavy atom. The number of benzene rings is 1. The molecule has 5 heteroatoms. The van der Waals surface area contributed by atoms with Crippen LogP contribution in [0.5, 0.6) is 0 Å². The molecule has 1 aromatic carbocycles. The van der Waals surface area contributed by atoms with Gasteiger partial charge in [-0.2, -0.15) is 5.10 Å². The summed E-state index contributed by atoms with van der Waals surface area (Å²) in [6.07, 6.45) is 7.67. The van der Waals surface area contributed by atoms with E-state index in [1.165, 1.54) is 43.8 Å². The zero-order valence-electron chi connectivity index (χ0n) is 13.5.